The van der Waals surface area contributed by atoms with E-state index in [-0.39, 0.29) is 4.90 Å². The standard InChI is InChI=1S/C18H14ClN3O2S/c19-16-6-8-17(9-7-16)25(23,24)22-21-18(14-4-2-1-3-5-14)15-10-12-20-13-11-15/h1-13,22H/b21-18+. The maximum absolute atomic E-state index is 12.4. The largest absolute Gasteiger partial charge is 0.276 e. The van der Waals surface area contributed by atoms with E-state index in [1.54, 1.807) is 24.5 Å². The molecule has 0 spiro atoms. The minimum atomic E-state index is -3.80. The summed E-state index contributed by atoms with van der Waals surface area (Å²) in [5.74, 6) is 0. The second-order valence-electron chi connectivity index (χ2n) is 5.11. The summed E-state index contributed by atoms with van der Waals surface area (Å²) in [6.07, 6.45) is 3.25. The molecule has 2 aromatic carbocycles. The van der Waals surface area contributed by atoms with E-state index in [0.717, 1.165) is 11.1 Å². The highest BCUT2D eigenvalue weighted by atomic mass is 35.5. The van der Waals surface area contributed by atoms with Crippen molar-refractivity contribution in [3.8, 4) is 0 Å². The van der Waals surface area contributed by atoms with Gasteiger partial charge in [0.05, 0.1) is 10.6 Å². The maximum Gasteiger partial charge on any atom is 0.276 e. The van der Waals surface area contributed by atoms with Crippen LogP contribution in [0.25, 0.3) is 0 Å². The van der Waals surface area contributed by atoms with Gasteiger partial charge in [0.2, 0.25) is 0 Å². The highest BCUT2D eigenvalue weighted by Gasteiger charge is 2.14. The fourth-order valence-corrected chi connectivity index (χ4v) is 3.11. The number of hydrogen-bond acceptors (Lipinski definition) is 4. The molecule has 3 rings (SSSR count). The molecule has 0 aliphatic carbocycles. The van der Waals surface area contributed by atoms with Crippen LogP contribution < -0.4 is 4.83 Å². The van der Waals surface area contributed by atoms with E-state index in [0.29, 0.717) is 10.7 Å². The van der Waals surface area contributed by atoms with Crippen LogP contribution in [-0.4, -0.2) is 19.1 Å². The number of benzene rings is 2. The molecule has 0 amide bonds. The lowest BCUT2D eigenvalue weighted by molar-refractivity contribution is 0.584. The van der Waals surface area contributed by atoms with E-state index >= 15 is 0 Å². The SMILES string of the molecule is O=S(=O)(N/N=C(\c1ccccc1)c1ccncc1)c1ccc(Cl)cc1. The fourth-order valence-electron chi connectivity index (χ4n) is 2.17. The molecule has 25 heavy (non-hydrogen) atoms. The number of nitrogens with zero attached hydrogens (tertiary/aromatic N) is 2. The van der Waals surface area contributed by atoms with Crippen LogP contribution in [0.2, 0.25) is 5.02 Å². The van der Waals surface area contributed by atoms with Crippen LogP contribution in [-0.2, 0) is 10.0 Å². The van der Waals surface area contributed by atoms with Gasteiger partial charge >= 0.3 is 0 Å². The third-order valence-electron chi connectivity index (χ3n) is 3.40. The lowest BCUT2D eigenvalue weighted by atomic mass is 10.0. The molecule has 126 valence electrons. The molecule has 1 heterocycles. The van der Waals surface area contributed by atoms with E-state index < -0.39 is 10.0 Å². The quantitative estimate of drug-likeness (QED) is 0.551. The van der Waals surface area contributed by atoms with Gasteiger partial charge in [-0.3, -0.25) is 4.98 Å². The molecule has 1 aromatic heterocycles. The lowest BCUT2D eigenvalue weighted by Gasteiger charge is -2.09. The van der Waals surface area contributed by atoms with Crippen LogP contribution in [0.5, 0.6) is 0 Å². The van der Waals surface area contributed by atoms with Crippen LogP contribution >= 0.6 is 11.6 Å². The zero-order valence-corrected chi connectivity index (χ0v) is 14.6. The number of nitrogens with one attached hydrogen (secondary N) is 1. The summed E-state index contributed by atoms with van der Waals surface area (Å²) in [5.41, 5.74) is 2.04. The predicted molar refractivity (Wildman–Crippen MR) is 98.1 cm³/mol. The molecule has 0 aliphatic heterocycles. The summed E-state index contributed by atoms with van der Waals surface area (Å²) in [6, 6.07) is 18.7. The van der Waals surface area contributed by atoms with Crippen molar-refractivity contribution in [3.63, 3.8) is 0 Å². The monoisotopic (exact) mass is 371 g/mol. The molecule has 5 nitrogen and oxygen atoms in total. The Balaban J connectivity index is 1.98. The molecule has 3 aromatic rings. The first-order valence-corrected chi connectivity index (χ1v) is 9.23. The second kappa shape index (κ2) is 7.46. The van der Waals surface area contributed by atoms with Crippen molar-refractivity contribution in [2.45, 2.75) is 4.90 Å². The molecule has 0 fully saturated rings. The fraction of sp³-hybridized carbons (Fsp3) is 0. The Morgan fingerprint density at radius 1 is 0.880 bits per heavy atom. The molecule has 0 radical (unpaired) electrons. The van der Waals surface area contributed by atoms with E-state index in [4.69, 9.17) is 11.6 Å². The van der Waals surface area contributed by atoms with Crippen molar-refractivity contribution in [2.75, 3.05) is 0 Å². The second-order valence-corrected chi connectivity index (χ2v) is 7.21. The molecule has 7 heteroatoms. The van der Waals surface area contributed by atoms with Gasteiger partial charge in [0.15, 0.2) is 0 Å². The van der Waals surface area contributed by atoms with Crippen LogP contribution in [0.15, 0.2) is 89.1 Å². The summed E-state index contributed by atoms with van der Waals surface area (Å²) in [4.78, 5) is 6.35. The van der Waals surface area contributed by atoms with E-state index in [9.17, 15) is 8.42 Å². The minimum Gasteiger partial charge on any atom is -0.265 e. The Morgan fingerprint density at radius 3 is 2.12 bits per heavy atom. The number of hydrogen-bond donors (Lipinski definition) is 1. The zero-order chi connectivity index (χ0) is 17.7. The third-order valence-corrected chi connectivity index (χ3v) is 4.88. The number of hydrazone groups is 1. The van der Waals surface area contributed by atoms with Gasteiger partial charge in [-0.05, 0) is 36.4 Å². The Hall–Kier alpha value is -2.70. The van der Waals surface area contributed by atoms with Gasteiger partial charge in [-0.15, -0.1) is 0 Å². The molecular formula is C18H14ClN3O2S. The predicted octanol–water partition coefficient (Wildman–Crippen LogP) is 3.47. The van der Waals surface area contributed by atoms with Gasteiger partial charge in [0, 0.05) is 28.5 Å². The number of rotatable bonds is 5. The normalized spacial score (nSPS) is 12.0. The van der Waals surface area contributed by atoms with Gasteiger partial charge in [-0.2, -0.15) is 18.4 Å². The average Bonchev–Trinajstić information content (AvgIpc) is 2.64. The van der Waals surface area contributed by atoms with Crippen LogP contribution in [0, 0.1) is 0 Å². The van der Waals surface area contributed by atoms with Gasteiger partial charge in [0.25, 0.3) is 10.0 Å². The molecule has 0 bridgehead atoms. The van der Waals surface area contributed by atoms with Crippen molar-refractivity contribution in [1.29, 1.82) is 0 Å². The first-order chi connectivity index (χ1) is 12.1. The highest BCUT2D eigenvalue weighted by molar-refractivity contribution is 7.89. The van der Waals surface area contributed by atoms with Crippen LogP contribution in [0.4, 0.5) is 0 Å². The number of sulfonamides is 1. The molecule has 0 aliphatic rings. The van der Waals surface area contributed by atoms with Crippen molar-refractivity contribution in [2.24, 2.45) is 5.10 Å². The first kappa shape index (κ1) is 17.1. The van der Waals surface area contributed by atoms with Gasteiger partial charge in [-0.25, -0.2) is 0 Å². The van der Waals surface area contributed by atoms with Crippen molar-refractivity contribution >= 4 is 27.3 Å². The van der Waals surface area contributed by atoms with E-state index in [1.165, 1.54) is 24.3 Å². The summed E-state index contributed by atoms with van der Waals surface area (Å²) in [6.45, 7) is 0. The topological polar surface area (TPSA) is 71.4 Å². The van der Waals surface area contributed by atoms with E-state index in [1.807, 2.05) is 30.3 Å². The zero-order valence-electron chi connectivity index (χ0n) is 13.0. The van der Waals surface area contributed by atoms with Gasteiger partial charge < -0.3 is 0 Å². The summed E-state index contributed by atoms with van der Waals surface area (Å²) < 4.78 is 24.9. The lowest BCUT2D eigenvalue weighted by Crippen LogP contribution is -2.21. The van der Waals surface area contributed by atoms with Crippen LogP contribution in [0.3, 0.4) is 0 Å². The smallest absolute Gasteiger partial charge is 0.265 e. The Labute approximate surface area is 151 Å². The maximum atomic E-state index is 12.4. The number of pyridine rings is 1. The highest BCUT2D eigenvalue weighted by Crippen LogP contribution is 2.15. The molecule has 0 atom stereocenters. The van der Waals surface area contributed by atoms with Gasteiger partial charge in [0.1, 0.15) is 0 Å². The summed E-state index contributed by atoms with van der Waals surface area (Å²) >= 11 is 5.80. The van der Waals surface area contributed by atoms with Crippen molar-refractivity contribution < 1.29 is 8.42 Å². The average molecular weight is 372 g/mol. The van der Waals surface area contributed by atoms with Crippen molar-refractivity contribution in [1.82, 2.24) is 9.82 Å². The number of aromatic nitrogens is 1. The molecule has 0 unspecified atom stereocenters. The Kier molecular flexibility index (Phi) is 5.11. The number of halogens is 1. The van der Waals surface area contributed by atoms with Crippen molar-refractivity contribution in [3.05, 3.63) is 95.3 Å². The Bertz CT molecular complexity index is 932. The van der Waals surface area contributed by atoms with E-state index in [2.05, 4.69) is 14.9 Å². The Morgan fingerprint density at radius 2 is 1.48 bits per heavy atom. The van der Waals surface area contributed by atoms with Gasteiger partial charge in [-0.1, -0.05) is 41.9 Å². The molecule has 1 N–H and O–H groups in total. The first-order valence-electron chi connectivity index (χ1n) is 7.37. The molecular weight excluding hydrogens is 358 g/mol. The minimum absolute atomic E-state index is 0.0859. The van der Waals surface area contributed by atoms with Crippen LogP contribution in [0.1, 0.15) is 11.1 Å². The summed E-state index contributed by atoms with van der Waals surface area (Å²) in [7, 11) is -3.80. The molecule has 0 saturated carbocycles. The summed E-state index contributed by atoms with van der Waals surface area (Å²) in [5, 5.41) is 4.61. The third kappa shape index (κ3) is 4.23. The molecule has 0 saturated heterocycles.